The van der Waals surface area contributed by atoms with Gasteiger partial charge in [-0.15, -0.1) is 11.3 Å². The van der Waals surface area contributed by atoms with E-state index in [4.69, 9.17) is 9.47 Å². The molecule has 0 saturated heterocycles. The van der Waals surface area contributed by atoms with Gasteiger partial charge in [0.05, 0.1) is 31.4 Å². The van der Waals surface area contributed by atoms with Gasteiger partial charge in [0.2, 0.25) is 11.8 Å². The maximum absolute atomic E-state index is 12.9. The molecular weight excluding hydrogens is 422 g/mol. The predicted octanol–water partition coefficient (Wildman–Crippen LogP) is 1.65. The highest BCUT2D eigenvalue weighted by molar-refractivity contribution is 7.13. The Labute approximate surface area is 182 Å². The van der Waals surface area contributed by atoms with Crippen molar-refractivity contribution in [1.29, 1.82) is 0 Å². The number of nitrogens with zero attached hydrogens (tertiary/aromatic N) is 3. The van der Waals surface area contributed by atoms with E-state index in [0.717, 1.165) is 0 Å². The van der Waals surface area contributed by atoms with Crippen molar-refractivity contribution in [2.24, 2.45) is 5.92 Å². The number of benzene rings is 1. The van der Waals surface area contributed by atoms with Crippen LogP contribution in [0.5, 0.6) is 11.5 Å². The molecule has 31 heavy (non-hydrogen) atoms. The van der Waals surface area contributed by atoms with Gasteiger partial charge in [0, 0.05) is 17.6 Å². The lowest BCUT2D eigenvalue weighted by Gasteiger charge is -2.21. The molecule has 11 heteroatoms. The fourth-order valence-corrected chi connectivity index (χ4v) is 3.51. The van der Waals surface area contributed by atoms with E-state index < -0.39 is 17.5 Å². The second-order valence-electron chi connectivity index (χ2n) is 7.02. The molecule has 1 aromatic carbocycles. The van der Waals surface area contributed by atoms with E-state index in [0.29, 0.717) is 22.1 Å². The molecule has 0 aliphatic rings. The number of rotatable bonds is 8. The van der Waals surface area contributed by atoms with E-state index in [1.54, 1.807) is 17.6 Å². The van der Waals surface area contributed by atoms with Gasteiger partial charge >= 0.3 is 0 Å². The standard InChI is InChI=1S/C20H23N5O5S/c1-11(2)17(18(27)24-20-21-5-6-31-20)23-16(26)9-25-10-22-13-8-15(30-4)14(29-3)7-12(13)19(25)28/h5-8,10-11,17H,9H2,1-4H3,(H,23,26)(H,21,24,27). The Morgan fingerprint density at radius 1 is 1.16 bits per heavy atom. The molecule has 2 aromatic heterocycles. The quantitative estimate of drug-likeness (QED) is 0.540. The van der Waals surface area contributed by atoms with Crippen LogP contribution in [0.3, 0.4) is 0 Å². The summed E-state index contributed by atoms with van der Waals surface area (Å²) < 4.78 is 11.6. The van der Waals surface area contributed by atoms with Crippen LogP contribution in [0.2, 0.25) is 0 Å². The van der Waals surface area contributed by atoms with E-state index in [2.05, 4.69) is 20.6 Å². The van der Waals surface area contributed by atoms with Gasteiger partial charge in [0.25, 0.3) is 5.56 Å². The Hall–Kier alpha value is -3.47. The molecule has 10 nitrogen and oxygen atoms in total. The average molecular weight is 446 g/mol. The van der Waals surface area contributed by atoms with Crippen LogP contribution in [0.1, 0.15) is 13.8 Å². The molecule has 2 amide bonds. The van der Waals surface area contributed by atoms with Crippen LogP contribution in [-0.2, 0) is 16.1 Å². The number of methoxy groups -OCH3 is 2. The monoisotopic (exact) mass is 445 g/mol. The van der Waals surface area contributed by atoms with Crippen LogP contribution < -0.4 is 25.7 Å². The van der Waals surface area contributed by atoms with E-state index in [9.17, 15) is 14.4 Å². The topological polar surface area (TPSA) is 124 Å². The minimum atomic E-state index is -0.787. The number of nitrogens with one attached hydrogen (secondary N) is 2. The first-order valence-electron chi connectivity index (χ1n) is 9.45. The van der Waals surface area contributed by atoms with Crippen molar-refractivity contribution in [2.45, 2.75) is 26.4 Å². The van der Waals surface area contributed by atoms with Crippen LogP contribution in [0.15, 0.2) is 34.8 Å². The first-order chi connectivity index (χ1) is 14.8. The summed E-state index contributed by atoms with van der Waals surface area (Å²) in [6.45, 7) is 3.34. The summed E-state index contributed by atoms with van der Waals surface area (Å²) in [5.41, 5.74) is 0.0108. The minimum absolute atomic E-state index is 0.174. The van der Waals surface area contributed by atoms with Crippen molar-refractivity contribution in [1.82, 2.24) is 19.9 Å². The van der Waals surface area contributed by atoms with Crippen molar-refractivity contribution >= 4 is 39.2 Å². The number of carbonyl (C=O) groups is 2. The van der Waals surface area contributed by atoms with Crippen LogP contribution in [-0.4, -0.2) is 46.6 Å². The number of fused-ring (bicyclic) bond motifs is 1. The van der Waals surface area contributed by atoms with E-state index in [-0.39, 0.29) is 23.8 Å². The maximum atomic E-state index is 12.9. The summed E-state index contributed by atoms with van der Waals surface area (Å²) in [5, 5.41) is 7.84. The van der Waals surface area contributed by atoms with Crippen LogP contribution in [0.25, 0.3) is 10.9 Å². The molecule has 0 fully saturated rings. The number of amides is 2. The summed E-state index contributed by atoms with van der Waals surface area (Å²) in [4.78, 5) is 46.3. The molecule has 0 bridgehead atoms. The largest absolute Gasteiger partial charge is 0.493 e. The Morgan fingerprint density at radius 3 is 2.48 bits per heavy atom. The Bertz CT molecular complexity index is 1140. The Balaban J connectivity index is 1.79. The minimum Gasteiger partial charge on any atom is -0.493 e. The Kier molecular flexibility index (Phi) is 6.85. The van der Waals surface area contributed by atoms with Crippen molar-refractivity contribution in [2.75, 3.05) is 19.5 Å². The number of hydrogen-bond acceptors (Lipinski definition) is 8. The lowest BCUT2D eigenvalue weighted by atomic mass is 10.0. The van der Waals surface area contributed by atoms with Gasteiger partial charge in [-0.2, -0.15) is 0 Å². The number of thiazole rings is 1. The Morgan fingerprint density at radius 2 is 1.87 bits per heavy atom. The summed E-state index contributed by atoms with van der Waals surface area (Å²) in [7, 11) is 2.96. The van der Waals surface area contributed by atoms with Gasteiger partial charge < -0.3 is 20.1 Å². The number of hydrogen-bond donors (Lipinski definition) is 2. The molecule has 0 aliphatic heterocycles. The summed E-state index contributed by atoms with van der Waals surface area (Å²) >= 11 is 1.28. The summed E-state index contributed by atoms with van der Waals surface area (Å²) in [6.07, 6.45) is 2.86. The zero-order valence-corrected chi connectivity index (χ0v) is 18.4. The van der Waals surface area contributed by atoms with Crippen LogP contribution in [0, 0.1) is 5.92 Å². The van der Waals surface area contributed by atoms with Gasteiger partial charge in [-0.05, 0) is 12.0 Å². The smallest absolute Gasteiger partial charge is 0.261 e. The molecule has 3 aromatic rings. The van der Waals surface area contributed by atoms with Crippen molar-refractivity contribution in [3.05, 3.63) is 40.4 Å². The normalized spacial score (nSPS) is 11.9. The first kappa shape index (κ1) is 22.2. The molecule has 1 unspecified atom stereocenters. The number of aromatic nitrogens is 3. The molecule has 0 saturated carbocycles. The number of anilines is 1. The molecule has 2 N–H and O–H groups in total. The average Bonchev–Trinajstić information content (AvgIpc) is 3.25. The third-order valence-corrected chi connectivity index (χ3v) is 5.26. The second-order valence-corrected chi connectivity index (χ2v) is 7.91. The van der Waals surface area contributed by atoms with Crippen molar-refractivity contribution in [3.63, 3.8) is 0 Å². The zero-order valence-electron chi connectivity index (χ0n) is 17.5. The fraction of sp³-hybridized carbons (Fsp3) is 0.350. The van der Waals surface area contributed by atoms with Gasteiger partial charge in [-0.3, -0.25) is 19.0 Å². The maximum Gasteiger partial charge on any atom is 0.261 e. The third-order valence-electron chi connectivity index (χ3n) is 4.57. The number of ether oxygens (including phenoxy) is 2. The predicted molar refractivity (Wildman–Crippen MR) is 117 cm³/mol. The van der Waals surface area contributed by atoms with Crippen LogP contribution in [0.4, 0.5) is 5.13 Å². The molecule has 3 rings (SSSR count). The van der Waals surface area contributed by atoms with Crippen LogP contribution >= 0.6 is 11.3 Å². The third kappa shape index (κ3) is 5.00. The number of carbonyl (C=O) groups excluding carboxylic acids is 2. The molecule has 2 heterocycles. The molecule has 1 atom stereocenters. The van der Waals surface area contributed by atoms with Gasteiger partial charge in [0.1, 0.15) is 12.6 Å². The fourth-order valence-electron chi connectivity index (χ4n) is 2.98. The molecule has 164 valence electrons. The van der Waals surface area contributed by atoms with E-state index in [1.165, 1.54) is 42.5 Å². The highest BCUT2D eigenvalue weighted by Gasteiger charge is 2.25. The SMILES string of the molecule is COc1cc2ncn(CC(=O)NC(C(=O)Nc3nccs3)C(C)C)c(=O)c2cc1OC. The molecule has 0 aliphatic carbocycles. The van der Waals surface area contributed by atoms with Gasteiger partial charge in [0.15, 0.2) is 16.6 Å². The summed E-state index contributed by atoms with van der Waals surface area (Å²) in [5.74, 6) is -0.207. The molecule has 0 radical (unpaired) electrons. The first-order valence-corrected chi connectivity index (χ1v) is 10.3. The second kappa shape index (κ2) is 9.56. The van der Waals surface area contributed by atoms with E-state index in [1.807, 2.05) is 13.8 Å². The zero-order chi connectivity index (χ0) is 22.5. The van der Waals surface area contributed by atoms with Crippen molar-refractivity contribution in [3.8, 4) is 11.5 Å². The van der Waals surface area contributed by atoms with Crippen molar-refractivity contribution < 1.29 is 19.1 Å². The lowest BCUT2D eigenvalue weighted by molar-refractivity contribution is -0.127. The molecular formula is C20H23N5O5S. The summed E-state index contributed by atoms with van der Waals surface area (Å²) in [6, 6.07) is 2.33. The lowest BCUT2D eigenvalue weighted by Crippen LogP contribution is -2.48. The van der Waals surface area contributed by atoms with E-state index >= 15 is 0 Å². The molecule has 0 spiro atoms. The van der Waals surface area contributed by atoms with Gasteiger partial charge in [-0.25, -0.2) is 9.97 Å². The highest BCUT2D eigenvalue weighted by Crippen LogP contribution is 2.29. The van der Waals surface area contributed by atoms with Gasteiger partial charge in [-0.1, -0.05) is 13.8 Å². The highest BCUT2D eigenvalue weighted by atomic mass is 32.1.